The largest absolute Gasteiger partial charge is 0.480 e. The van der Waals surface area contributed by atoms with E-state index in [4.69, 9.17) is 16.6 Å². The predicted molar refractivity (Wildman–Crippen MR) is 103 cm³/mol. The fourth-order valence-electron chi connectivity index (χ4n) is 1.74. The molecule has 0 bridgehead atoms. The number of hydrogen-bond donors (Lipinski definition) is 8. The molecule has 0 fully saturated rings. The first-order valence-electron chi connectivity index (χ1n) is 7.93. The quantitative estimate of drug-likeness (QED) is 0.153. The van der Waals surface area contributed by atoms with Gasteiger partial charge in [-0.15, -0.1) is 0 Å². The van der Waals surface area contributed by atoms with Crippen molar-refractivity contribution in [3.63, 3.8) is 0 Å². The minimum absolute atomic E-state index is 0.0107. The SMILES string of the molecule is CC(NC(=O)C(CS)NC(=O)C(CS)NC(=O)C(N)CCC(N)=O)C(=O)O. The number of nitrogens with two attached hydrogens (primary N) is 2. The van der Waals surface area contributed by atoms with E-state index in [1.54, 1.807) is 0 Å². The molecule has 4 unspecified atom stereocenters. The number of thiol groups is 2. The lowest BCUT2D eigenvalue weighted by Gasteiger charge is -2.23. The van der Waals surface area contributed by atoms with Crippen LogP contribution in [0.3, 0.4) is 0 Å². The smallest absolute Gasteiger partial charge is 0.325 e. The Hall–Kier alpha value is -1.99. The highest BCUT2D eigenvalue weighted by Crippen LogP contribution is 1.99. The Morgan fingerprint density at radius 3 is 1.78 bits per heavy atom. The van der Waals surface area contributed by atoms with Crippen LogP contribution in [0.25, 0.3) is 0 Å². The molecule has 0 aliphatic heterocycles. The van der Waals surface area contributed by atoms with Crippen molar-refractivity contribution >= 4 is 54.9 Å². The summed E-state index contributed by atoms with van der Waals surface area (Å²) in [6.45, 7) is 1.27. The monoisotopic (exact) mass is 423 g/mol. The van der Waals surface area contributed by atoms with Crippen molar-refractivity contribution < 1.29 is 29.1 Å². The highest BCUT2D eigenvalue weighted by Gasteiger charge is 2.28. The fraction of sp³-hybridized carbons (Fsp3) is 0.643. The third kappa shape index (κ3) is 9.49. The van der Waals surface area contributed by atoms with E-state index >= 15 is 0 Å². The van der Waals surface area contributed by atoms with Crippen LogP contribution in [-0.2, 0) is 24.0 Å². The second-order valence-corrected chi connectivity index (χ2v) is 6.40. The third-order valence-corrected chi connectivity index (χ3v) is 4.13. The lowest BCUT2D eigenvalue weighted by Crippen LogP contribution is -2.58. The van der Waals surface area contributed by atoms with Gasteiger partial charge >= 0.3 is 5.97 Å². The van der Waals surface area contributed by atoms with Crippen LogP contribution < -0.4 is 27.4 Å². The molecule has 0 saturated carbocycles. The van der Waals surface area contributed by atoms with Crippen LogP contribution in [0, 0.1) is 0 Å². The average Bonchev–Trinajstić information content (AvgIpc) is 2.60. The summed E-state index contributed by atoms with van der Waals surface area (Å²) >= 11 is 7.94. The molecule has 0 aromatic carbocycles. The van der Waals surface area contributed by atoms with Gasteiger partial charge in [-0.05, 0) is 13.3 Å². The topological polar surface area (TPSA) is 194 Å². The van der Waals surface area contributed by atoms with Crippen molar-refractivity contribution in [2.45, 2.75) is 43.9 Å². The van der Waals surface area contributed by atoms with E-state index in [-0.39, 0.29) is 24.3 Å². The summed E-state index contributed by atoms with van der Waals surface area (Å²) in [5, 5.41) is 15.7. The number of carbonyl (C=O) groups is 5. The number of carboxylic acids is 1. The number of nitrogens with one attached hydrogen (secondary N) is 3. The molecular weight excluding hydrogens is 398 g/mol. The molecule has 0 radical (unpaired) electrons. The summed E-state index contributed by atoms with van der Waals surface area (Å²) in [7, 11) is 0. The number of carbonyl (C=O) groups excluding carboxylic acids is 4. The Labute approximate surface area is 167 Å². The maximum Gasteiger partial charge on any atom is 0.325 e. The van der Waals surface area contributed by atoms with Gasteiger partial charge in [0.05, 0.1) is 6.04 Å². The second-order valence-electron chi connectivity index (χ2n) is 5.67. The standard InChI is InChI=1S/C14H25N5O6S2/c1-6(14(24)25)17-12(22)8(4-26)19-13(23)9(5-27)18-11(21)7(15)2-3-10(16)20/h6-9,26-27H,2-5,15H2,1H3,(H2,16,20)(H,17,22)(H,18,21)(H,19,23)(H,24,25). The number of rotatable bonds is 12. The normalized spacial score (nSPS) is 15.0. The number of amides is 4. The predicted octanol–water partition coefficient (Wildman–Crippen LogP) is -3.00. The molecule has 0 aromatic rings. The van der Waals surface area contributed by atoms with Gasteiger partial charge in [0.15, 0.2) is 0 Å². The van der Waals surface area contributed by atoms with Crippen LogP contribution in [0.1, 0.15) is 19.8 Å². The molecule has 0 aliphatic rings. The van der Waals surface area contributed by atoms with Crippen molar-refractivity contribution in [2.75, 3.05) is 11.5 Å². The Morgan fingerprint density at radius 2 is 1.37 bits per heavy atom. The van der Waals surface area contributed by atoms with E-state index in [2.05, 4.69) is 41.2 Å². The van der Waals surface area contributed by atoms with Crippen LogP contribution in [0.5, 0.6) is 0 Å². The van der Waals surface area contributed by atoms with Crippen LogP contribution in [-0.4, -0.2) is 70.4 Å². The van der Waals surface area contributed by atoms with Crippen molar-refractivity contribution in [3.05, 3.63) is 0 Å². The number of hydrogen-bond acceptors (Lipinski definition) is 8. The van der Waals surface area contributed by atoms with Gasteiger partial charge in [0, 0.05) is 17.9 Å². The molecule has 154 valence electrons. The van der Waals surface area contributed by atoms with Crippen molar-refractivity contribution in [3.8, 4) is 0 Å². The van der Waals surface area contributed by atoms with Crippen LogP contribution in [0.4, 0.5) is 0 Å². The zero-order valence-corrected chi connectivity index (χ0v) is 16.5. The van der Waals surface area contributed by atoms with Gasteiger partial charge in [-0.2, -0.15) is 25.3 Å². The first-order valence-corrected chi connectivity index (χ1v) is 9.19. The Kier molecular flexibility index (Phi) is 11.5. The van der Waals surface area contributed by atoms with E-state index in [9.17, 15) is 24.0 Å². The maximum absolute atomic E-state index is 12.3. The summed E-state index contributed by atoms with van der Waals surface area (Å²) in [6.07, 6.45) is -0.0766. The van der Waals surface area contributed by atoms with Crippen molar-refractivity contribution in [1.82, 2.24) is 16.0 Å². The van der Waals surface area contributed by atoms with Gasteiger partial charge in [-0.3, -0.25) is 24.0 Å². The summed E-state index contributed by atoms with van der Waals surface area (Å²) in [5.41, 5.74) is 10.6. The molecule has 4 atom stereocenters. The lowest BCUT2D eigenvalue weighted by molar-refractivity contribution is -0.141. The number of aliphatic carboxylic acids is 1. The van der Waals surface area contributed by atoms with Gasteiger partial charge in [-0.25, -0.2) is 0 Å². The molecule has 0 spiro atoms. The molecule has 0 aliphatic carbocycles. The fourth-order valence-corrected chi connectivity index (χ4v) is 2.26. The second kappa shape index (κ2) is 12.4. The molecule has 4 amide bonds. The van der Waals surface area contributed by atoms with E-state index in [1.807, 2.05) is 0 Å². The maximum atomic E-state index is 12.3. The van der Waals surface area contributed by atoms with E-state index in [0.29, 0.717) is 0 Å². The average molecular weight is 424 g/mol. The minimum atomic E-state index is -1.24. The Bertz CT molecular complexity index is 576. The molecule has 11 nitrogen and oxygen atoms in total. The first kappa shape index (κ1) is 25.0. The molecule has 13 heteroatoms. The zero-order chi connectivity index (χ0) is 21.1. The Balaban J connectivity index is 4.80. The summed E-state index contributed by atoms with van der Waals surface area (Å²) in [5.74, 6) is -4.19. The highest BCUT2D eigenvalue weighted by atomic mass is 32.1. The minimum Gasteiger partial charge on any atom is -0.480 e. The van der Waals surface area contributed by atoms with E-state index in [1.165, 1.54) is 6.92 Å². The van der Waals surface area contributed by atoms with E-state index < -0.39 is 53.8 Å². The molecule has 0 heterocycles. The molecule has 27 heavy (non-hydrogen) atoms. The van der Waals surface area contributed by atoms with Crippen LogP contribution >= 0.6 is 25.3 Å². The Morgan fingerprint density at radius 1 is 0.926 bits per heavy atom. The van der Waals surface area contributed by atoms with Gasteiger partial charge in [0.1, 0.15) is 18.1 Å². The lowest BCUT2D eigenvalue weighted by atomic mass is 10.1. The van der Waals surface area contributed by atoms with Gasteiger partial charge in [0.25, 0.3) is 0 Å². The zero-order valence-electron chi connectivity index (χ0n) is 14.7. The van der Waals surface area contributed by atoms with Gasteiger partial charge in [0.2, 0.25) is 23.6 Å². The molecule has 0 saturated heterocycles. The highest BCUT2D eigenvalue weighted by molar-refractivity contribution is 7.80. The molecule has 0 aromatic heterocycles. The number of primary amides is 1. The molecule has 8 N–H and O–H groups in total. The van der Waals surface area contributed by atoms with E-state index in [0.717, 1.165) is 0 Å². The van der Waals surface area contributed by atoms with Gasteiger partial charge in [-0.1, -0.05) is 0 Å². The first-order chi connectivity index (χ1) is 12.5. The van der Waals surface area contributed by atoms with Crippen LogP contribution in [0.15, 0.2) is 0 Å². The van der Waals surface area contributed by atoms with Crippen molar-refractivity contribution in [2.24, 2.45) is 11.5 Å². The van der Waals surface area contributed by atoms with Crippen LogP contribution in [0.2, 0.25) is 0 Å². The number of carboxylic acid groups (broad SMARTS) is 1. The third-order valence-electron chi connectivity index (χ3n) is 3.40. The summed E-state index contributed by atoms with van der Waals surface area (Å²) < 4.78 is 0. The van der Waals surface area contributed by atoms with Gasteiger partial charge < -0.3 is 32.5 Å². The summed E-state index contributed by atoms with van der Waals surface area (Å²) in [4.78, 5) is 57.8. The van der Waals surface area contributed by atoms with Crippen molar-refractivity contribution in [1.29, 1.82) is 0 Å². The summed E-state index contributed by atoms with van der Waals surface area (Å²) in [6, 6.07) is -4.42. The molecular formula is C14H25N5O6S2. The molecule has 0 rings (SSSR count).